The fourth-order valence-corrected chi connectivity index (χ4v) is 2.78. The van der Waals surface area contributed by atoms with E-state index in [-0.39, 0.29) is 18.7 Å². The van der Waals surface area contributed by atoms with Gasteiger partial charge in [0.05, 0.1) is 18.5 Å². The molecule has 0 spiro atoms. The van der Waals surface area contributed by atoms with Gasteiger partial charge in [0, 0.05) is 16.1 Å². The quantitative estimate of drug-likeness (QED) is 0.886. The highest BCUT2D eigenvalue weighted by atomic mass is 35.5. The number of aryl methyl sites for hydroxylation is 1. The van der Waals surface area contributed by atoms with E-state index in [1.54, 1.807) is 23.6 Å². The lowest BCUT2D eigenvalue weighted by Crippen LogP contribution is -2.15. The molecule has 21 heavy (non-hydrogen) atoms. The third kappa shape index (κ3) is 4.54. The van der Waals surface area contributed by atoms with Crippen molar-refractivity contribution < 1.29 is 14.7 Å². The summed E-state index contributed by atoms with van der Waals surface area (Å²) in [6, 6.07) is 5.22. The Bertz CT molecular complexity index is 685. The number of aliphatic carboxylic acids is 1. The maximum atomic E-state index is 12.0. The van der Waals surface area contributed by atoms with Crippen LogP contribution in [-0.4, -0.2) is 22.0 Å². The van der Waals surface area contributed by atoms with Crippen LogP contribution in [0, 0.1) is 6.92 Å². The molecular formula is C14H13ClN2O3S. The standard InChI is InChI=1S/C14H13ClN2O3S/c1-8-4-9(15)2-3-11(8)17-12(18)6-13-16-10(7-21-13)5-14(19)20/h2-4,7H,5-6H2,1H3,(H,17,18)(H,19,20). The van der Waals surface area contributed by atoms with E-state index in [2.05, 4.69) is 10.3 Å². The molecule has 0 radical (unpaired) electrons. The summed E-state index contributed by atoms with van der Waals surface area (Å²) in [6.45, 7) is 1.86. The van der Waals surface area contributed by atoms with E-state index in [4.69, 9.17) is 16.7 Å². The molecule has 0 saturated heterocycles. The van der Waals surface area contributed by atoms with Crippen LogP contribution in [-0.2, 0) is 22.4 Å². The van der Waals surface area contributed by atoms with Gasteiger partial charge in [-0.2, -0.15) is 0 Å². The van der Waals surface area contributed by atoms with E-state index in [0.717, 1.165) is 5.56 Å². The van der Waals surface area contributed by atoms with E-state index in [1.807, 2.05) is 6.92 Å². The second-order valence-electron chi connectivity index (χ2n) is 4.49. The molecule has 7 heteroatoms. The minimum absolute atomic E-state index is 0.117. The summed E-state index contributed by atoms with van der Waals surface area (Å²) in [5.74, 6) is -1.13. The molecule has 0 aliphatic heterocycles. The van der Waals surface area contributed by atoms with Gasteiger partial charge in [0.15, 0.2) is 0 Å². The molecule has 0 aliphatic carbocycles. The van der Waals surface area contributed by atoms with Gasteiger partial charge in [0.1, 0.15) is 5.01 Å². The predicted octanol–water partition coefficient (Wildman–Crippen LogP) is 2.91. The highest BCUT2D eigenvalue weighted by Gasteiger charge is 2.11. The number of benzene rings is 1. The molecule has 1 aromatic heterocycles. The molecule has 0 aliphatic rings. The Morgan fingerprint density at radius 3 is 2.81 bits per heavy atom. The molecule has 1 heterocycles. The summed E-state index contributed by atoms with van der Waals surface area (Å²) in [5.41, 5.74) is 2.05. The number of carbonyl (C=O) groups is 2. The Morgan fingerprint density at radius 2 is 2.14 bits per heavy atom. The van der Waals surface area contributed by atoms with E-state index in [1.165, 1.54) is 11.3 Å². The minimum Gasteiger partial charge on any atom is -0.481 e. The summed E-state index contributed by atoms with van der Waals surface area (Å²) in [7, 11) is 0. The fraction of sp³-hybridized carbons (Fsp3) is 0.214. The largest absolute Gasteiger partial charge is 0.481 e. The number of thiazole rings is 1. The summed E-state index contributed by atoms with van der Waals surface area (Å²) < 4.78 is 0. The van der Waals surface area contributed by atoms with Crippen LogP contribution in [0.25, 0.3) is 0 Å². The van der Waals surface area contributed by atoms with Crippen LogP contribution in [0.5, 0.6) is 0 Å². The van der Waals surface area contributed by atoms with E-state index in [9.17, 15) is 9.59 Å². The second-order valence-corrected chi connectivity index (χ2v) is 5.87. The van der Waals surface area contributed by atoms with Crippen molar-refractivity contribution in [2.45, 2.75) is 19.8 Å². The zero-order valence-electron chi connectivity index (χ0n) is 11.2. The molecule has 5 nitrogen and oxygen atoms in total. The summed E-state index contributed by atoms with van der Waals surface area (Å²) in [4.78, 5) is 26.7. The van der Waals surface area contributed by atoms with Gasteiger partial charge >= 0.3 is 5.97 Å². The molecule has 1 amide bonds. The monoisotopic (exact) mass is 324 g/mol. The first-order valence-corrected chi connectivity index (χ1v) is 7.41. The lowest BCUT2D eigenvalue weighted by atomic mass is 10.2. The number of hydrogen-bond acceptors (Lipinski definition) is 4. The number of amides is 1. The maximum Gasteiger partial charge on any atom is 0.309 e. The van der Waals surface area contributed by atoms with Gasteiger partial charge in [-0.15, -0.1) is 11.3 Å². The average molecular weight is 325 g/mol. The molecule has 0 unspecified atom stereocenters. The smallest absolute Gasteiger partial charge is 0.309 e. The molecule has 110 valence electrons. The molecule has 0 bridgehead atoms. The molecule has 2 rings (SSSR count). The lowest BCUT2D eigenvalue weighted by Gasteiger charge is -2.07. The maximum absolute atomic E-state index is 12.0. The zero-order chi connectivity index (χ0) is 15.4. The molecular weight excluding hydrogens is 312 g/mol. The Morgan fingerprint density at radius 1 is 1.38 bits per heavy atom. The normalized spacial score (nSPS) is 10.4. The fourth-order valence-electron chi connectivity index (χ4n) is 1.77. The molecule has 2 aromatic rings. The number of nitrogens with zero attached hydrogens (tertiary/aromatic N) is 1. The van der Waals surface area contributed by atoms with Gasteiger partial charge in [-0.1, -0.05) is 11.6 Å². The van der Waals surface area contributed by atoms with Gasteiger partial charge in [-0.05, 0) is 30.7 Å². The lowest BCUT2D eigenvalue weighted by molar-refractivity contribution is -0.136. The Labute approximate surface area is 130 Å². The second kappa shape index (κ2) is 6.69. The third-order valence-electron chi connectivity index (χ3n) is 2.71. The number of nitrogens with one attached hydrogen (secondary N) is 1. The molecule has 0 saturated carbocycles. The average Bonchev–Trinajstić information content (AvgIpc) is 2.79. The van der Waals surface area contributed by atoms with Crippen LogP contribution in [0.2, 0.25) is 5.02 Å². The van der Waals surface area contributed by atoms with Gasteiger partial charge < -0.3 is 10.4 Å². The topological polar surface area (TPSA) is 79.3 Å². The molecule has 1 aromatic carbocycles. The van der Waals surface area contributed by atoms with Crippen LogP contribution < -0.4 is 5.32 Å². The molecule has 0 fully saturated rings. The van der Waals surface area contributed by atoms with Crippen molar-refractivity contribution in [1.29, 1.82) is 0 Å². The van der Waals surface area contributed by atoms with Gasteiger partial charge in [-0.25, -0.2) is 4.98 Å². The van der Waals surface area contributed by atoms with Crippen LogP contribution in [0.15, 0.2) is 23.6 Å². The zero-order valence-corrected chi connectivity index (χ0v) is 12.8. The molecule has 0 atom stereocenters. The van der Waals surface area contributed by atoms with Crippen LogP contribution in [0.1, 0.15) is 16.3 Å². The van der Waals surface area contributed by atoms with E-state index in [0.29, 0.717) is 21.4 Å². The van der Waals surface area contributed by atoms with E-state index >= 15 is 0 Å². The summed E-state index contributed by atoms with van der Waals surface area (Å²) in [6.07, 6.45) is -0.0131. The van der Waals surface area contributed by atoms with Crippen molar-refractivity contribution >= 4 is 40.5 Å². The Hall–Kier alpha value is -1.92. The Balaban J connectivity index is 1.98. The van der Waals surface area contributed by atoms with Crippen LogP contribution in [0.3, 0.4) is 0 Å². The first-order valence-electron chi connectivity index (χ1n) is 6.15. The first-order chi connectivity index (χ1) is 9.94. The van der Waals surface area contributed by atoms with E-state index < -0.39 is 5.97 Å². The number of carbonyl (C=O) groups excluding carboxylic acids is 1. The number of rotatable bonds is 5. The number of carboxylic acids is 1. The number of aromatic nitrogens is 1. The van der Waals surface area contributed by atoms with Crippen LogP contribution in [0.4, 0.5) is 5.69 Å². The van der Waals surface area contributed by atoms with Crippen molar-refractivity contribution in [3.8, 4) is 0 Å². The predicted molar refractivity (Wildman–Crippen MR) is 82.0 cm³/mol. The SMILES string of the molecule is Cc1cc(Cl)ccc1NC(=O)Cc1nc(CC(=O)O)cs1. The van der Waals surface area contributed by atoms with Crippen molar-refractivity contribution in [2.24, 2.45) is 0 Å². The summed E-state index contributed by atoms with van der Waals surface area (Å²) >= 11 is 7.14. The van der Waals surface area contributed by atoms with Gasteiger partial charge in [-0.3, -0.25) is 9.59 Å². The number of anilines is 1. The van der Waals surface area contributed by atoms with Gasteiger partial charge in [0.2, 0.25) is 5.91 Å². The van der Waals surface area contributed by atoms with Gasteiger partial charge in [0.25, 0.3) is 0 Å². The third-order valence-corrected chi connectivity index (χ3v) is 3.84. The number of hydrogen-bond donors (Lipinski definition) is 2. The highest BCUT2D eigenvalue weighted by Crippen LogP contribution is 2.20. The first kappa shape index (κ1) is 15.5. The highest BCUT2D eigenvalue weighted by molar-refractivity contribution is 7.09. The minimum atomic E-state index is -0.937. The molecule has 2 N–H and O–H groups in total. The van der Waals surface area contributed by atoms with Crippen molar-refractivity contribution in [3.05, 3.63) is 44.9 Å². The van der Waals surface area contributed by atoms with Crippen molar-refractivity contribution in [1.82, 2.24) is 4.98 Å². The van der Waals surface area contributed by atoms with Crippen LogP contribution >= 0.6 is 22.9 Å². The Kier molecular flexibility index (Phi) is 4.93. The number of halogens is 1. The number of carboxylic acid groups (broad SMARTS) is 1. The van der Waals surface area contributed by atoms with Crippen molar-refractivity contribution in [2.75, 3.05) is 5.32 Å². The summed E-state index contributed by atoms with van der Waals surface area (Å²) in [5, 5.41) is 14.3. The van der Waals surface area contributed by atoms with Crippen molar-refractivity contribution in [3.63, 3.8) is 0 Å².